The predicted molar refractivity (Wildman–Crippen MR) is 138 cm³/mol. The van der Waals surface area contributed by atoms with Gasteiger partial charge in [0, 0.05) is 23.7 Å². The zero-order chi connectivity index (χ0) is 26.2. The van der Waals surface area contributed by atoms with Gasteiger partial charge in [-0.25, -0.2) is 8.42 Å². The summed E-state index contributed by atoms with van der Waals surface area (Å²) in [5.74, 6) is -1.13. The fourth-order valence-electron chi connectivity index (χ4n) is 3.44. The zero-order valence-electron chi connectivity index (χ0n) is 20.5. The van der Waals surface area contributed by atoms with E-state index >= 15 is 0 Å². The molecule has 2 aromatic rings. The van der Waals surface area contributed by atoms with Crippen molar-refractivity contribution >= 4 is 44.9 Å². The molecule has 1 atom stereocenters. The van der Waals surface area contributed by atoms with Crippen LogP contribution >= 0.6 is 11.6 Å². The average Bonchev–Trinajstić information content (AvgIpc) is 2.79. The third-order valence-corrected chi connectivity index (χ3v) is 6.83. The van der Waals surface area contributed by atoms with Crippen LogP contribution in [0, 0.1) is 0 Å². The number of carbonyl (C=O) groups excluding carboxylic acids is 3. The van der Waals surface area contributed by atoms with Crippen LogP contribution in [0.4, 0.5) is 5.69 Å². The molecule has 0 unspecified atom stereocenters. The number of benzene rings is 2. The van der Waals surface area contributed by atoms with Gasteiger partial charge >= 0.3 is 0 Å². The van der Waals surface area contributed by atoms with Crippen LogP contribution in [0.5, 0.6) is 0 Å². The summed E-state index contributed by atoms with van der Waals surface area (Å²) in [5, 5.41) is 3.30. The normalized spacial score (nSPS) is 12.0. The molecule has 0 radical (unpaired) electrons. The highest BCUT2D eigenvalue weighted by Crippen LogP contribution is 2.21. The molecule has 10 heteroatoms. The van der Waals surface area contributed by atoms with E-state index in [1.807, 2.05) is 6.92 Å². The number of Topliss-reactive ketones (excluding diaryl/α,β-unsaturated/α-hetero) is 1. The van der Waals surface area contributed by atoms with Crippen molar-refractivity contribution in [3.63, 3.8) is 0 Å². The number of anilines is 1. The monoisotopic (exact) mass is 521 g/mol. The quantitative estimate of drug-likeness (QED) is 0.339. The molecule has 8 nitrogen and oxygen atoms in total. The van der Waals surface area contributed by atoms with Gasteiger partial charge in [0.25, 0.3) is 0 Å². The minimum Gasteiger partial charge on any atom is -0.354 e. The molecule has 2 amide bonds. The second kappa shape index (κ2) is 12.7. The van der Waals surface area contributed by atoms with Crippen molar-refractivity contribution in [3.8, 4) is 0 Å². The summed E-state index contributed by atoms with van der Waals surface area (Å²) in [4.78, 5) is 39.4. The van der Waals surface area contributed by atoms with Gasteiger partial charge in [-0.15, -0.1) is 0 Å². The summed E-state index contributed by atoms with van der Waals surface area (Å²) in [7, 11) is -3.88. The van der Waals surface area contributed by atoms with E-state index in [9.17, 15) is 22.8 Å². The van der Waals surface area contributed by atoms with Crippen LogP contribution in [0.1, 0.15) is 49.5 Å². The van der Waals surface area contributed by atoms with E-state index in [0.717, 1.165) is 23.4 Å². The Morgan fingerprint density at radius 2 is 1.77 bits per heavy atom. The minimum atomic E-state index is -3.88. The van der Waals surface area contributed by atoms with E-state index in [2.05, 4.69) is 5.32 Å². The fourth-order valence-corrected chi connectivity index (χ4v) is 4.50. The molecule has 0 spiro atoms. The van der Waals surface area contributed by atoms with Gasteiger partial charge in [-0.05, 0) is 50.1 Å². The molecule has 0 aliphatic heterocycles. The number of hydrogen-bond donors (Lipinski definition) is 1. The first-order chi connectivity index (χ1) is 16.4. The number of halogens is 1. The van der Waals surface area contributed by atoms with Crippen molar-refractivity contribution in [2.24, 2.45) is 0 Å². The van der Waals surface area contributed by atoms with Gasteiger partial charge in [0.1, 0.15) is 12.6 Å². The lowest BCUT2D eigenvalue weighted by Crippen LogP contribution is -2.51. The molecular formula is C25H32ClN3O5S. The summed E-state index contributed by atoms with van der Waals surface area (Å²) in [6.45, 7) is 4.99. The molecular weight excluding hydrogens is 490 g/mol. The zero-order valence-corrected chi connectivity index (χ0v) is 22.0. The van der Waals surface area contributed by atoms with E-state index < -0.39 is 28.5 Å². The molecule has 0 aromatic heterocycles. The maximum Gasteiger partial charge on any atom is 0.244 e. The lowest BCUT2D eigenvalue weighted by molar-refractivity contribution is -0.139. The number of nitrogens with zero attached hydrogens (tertiary/aromatic N) is 2. The van der Waals surface area contributed by atoms with Crippen LogP contribution in [0.25, 0.3) is 0 Å². The first-order valence-electron chi connectivity index (χ1n) is 11.3. The first kappa shape index (κ1) is 28.3. The Bertz CT molecular complexity index is 1170. The lowest BCUT2D eigenvalue weighted by Gasteiger charge is -2.31. The van der Waals surface area contributed by atoms with Gasteiger partial charge < -0.3 is 10.2 Å². The van der Waals surface area contributed by atoms with Crippen LogP contribution in [-0.2, 0) is 26.2 Å². The largest absolute Gasteiger partial charge is 0.354 e. The average molecular weight is 522 g/mol. The maximum absolute atomic E-state index is 13.5. The highest BCUT2D eigenvalue weighted by atomic mass is 35.5. The van der Waals surface area contributed by atoms with Crippen molar-refractivity contribution in [3.05, 3.63) is 64.7 Å². The molecule has 0 bridgehead atoms. The van der Waals surface area contributed by atoms with Gasteiger partial charge in [0.2, 0.25) is 21.8 Å². The molecule has 190 valence electrons. The highest BCUT2D eigenvalue weighted by molar-refractivity contribution is 7.92. The molecule has 1 N–H and O–H groups in total. The van der Waals surface area contributed by atoms with Gasteiger partial charge in [0.15, 0.2) is 5.78 Å². The standard InChI is InChI=1S/C25H32ClN3O5S/c1-5-6-13-27-25(32)18(2)28(16-20-9-7-11-22(26)14-20)24(31)17-29(35(4,33)34)23-12-8-10-21(15-23)19(3)30/h7-12,14-15,18H,5-6,13,16-17H2,1-4H3,(H,27,32)/t18-/m1/s1. The molecule has 0 heterocycles. The predicted octanol–water partition coefficient (Wildman–Crippen LogP) is 3.64. The topological polar surface area (TPSA) is 104 Å². The van der Waals surface area contributed by atoms with E-state index in [4.69, 9.17) is 11.6 Å². The number of carbonyl (C=O) groups is 3. The Kier molecular flexibility index (Phi) is 10.3. The van der Waals surface area contributed by atoms with E-state index in [1.165, 1.54) is 24.0 Å². The Hall–Kier alpha value is -2.91. The molecule has 2 aromatic carbocycles. The molecule has 0 fully saturated rings. The molecule has 0 saturated carbocycles. The molecule has 35 heavy (non-hydrogen) atoms. The van der Waals surface area contributed by atoms with Crippen LogP contribution in [0.2, 0.25) is 5.02 Å². The van der Waals surface area contributed by atoms with Crippen molar-refractivity contribution in [2.75, 3.05) is 23.7 Å². The summed E-state index contributed by atoms with van der Waals surface area (Å²) >= 11 is 6.10. The second-order valence-electron chi connectivity index (χ2n) is 8.35. The third-order valence-electron chi connectivity index (χ3n) is 5.46. The van der Waals surface area contributed by atoms with Crippen molar-refractivity contribution in [1.29, 1.82) is 0 Å². The Morgan fingerprint density at radius 3 is 2.37 bits per heavy atom. The van der Waals surface area contributed by atoms with Crippen molar-refractivity contribution < 1.29 is 22.8 Å². The van der Waals surface area contributed by atoms with Crippen molar-refractivity contribution in [2.45, 2.75) is 46.2 Å². The van der Waals surface area contributed by atoms with Crippen LogP contribution in [0.15, 0.2) is 48.5 Å². The van der Waals surface area contributed by atoms with Crippen LogP contribution in [-0.4, -0.2) is 56.3 Å². The number of ketones is 1. The molecule has 0 saturated heterocycles. The number of nitrogens with one attached hydrogen (secondary N) is 1. The van der Waals surface area contributed by atoms with Crippen LogP contribution < -0.4 is 9.62 Å². The molecule has 0 aliphatic rings. The van der Waals surface area contributed by atoms with E-state index in [0.29, 0.717) is 22.7 Å². The van der Waals surface area contributed by atoms with Gasteiger partial charge in [-0.3, -0.25) is 18.7 Å². The maximum atomic E-state index is 13.5. The van der Waals surface area contributed by atoms with Gasteiger partial charge in [-0.1, -0.05) is 49.2 Å². The number of hydrogen-bond acceptors (Lipinski definition) is 5. The first-order valence-corrected chi connectivity index (χ1v) is 13.6. The third kappa shape index (κ3) is 8.36. The fraction of sp³-hybridized carbons (Fsp3) is 0.400. The number of amides is 2. The summed E-state index contributed by atoms with van der Waals surface area (Å²) in [5.41, 5.74) is 1.21. The van der Waals surface area contributed by atoms with E-state index in [1.54, 1.807) is 43.3 Å². The lowest BCUT2D eigenvalue weighted by atomic mass is 10.1. The summed E-state index contributed by atoms with van der Waals surface area (Å²) in [6, 6.07) is 12.1. The Morgan fingerprint density at radius 1 is 1.09 bits per heavy atom. The second-order valence-corrected chi connectivity index (χ2v) is 10.7. The van der Waals surface area contributed by atoms with Crippen LogP contribution in [0.3, 0.4) is 0 Å². The Balaban J connectivity index is 2.39. The number of sulfonamides is 1. The van der Waals surface area contributed by atoms with Gasteiger partial charge in [0.05, 0.1) is 11.9 Å². The van der Waals surface area contributed by atoms with E-state index in [-0.39, 0.29) is 23.9 Å². The number of unbranched alkanes of at least 4 members (excludes halogenated alkanes) is 1. The smallest absolute Gasteiger partial charge is 0.244 e. The van der Waals surface area contributed by atoms with Gasteiger partial charge in [-0.2, -0.15) is 0 Å². The Labute approximate surface area is 212 Å². The number of rotatable bonds is 12. The highest BCUT2D eigenvalue weighted by Gasteiger charge is 2.30. The minimum absolute atomic E-state index is 0.0623. The summed E-state index contributed by atoms with van der Waals surface area (Å²) in [6.07, 6.45) is 2.69. The molecule has 0 aliphatic carbocycles. The van der Waals surface area contributed by atoms with Crippen molar-refractivity contribution in [1.82, 2.24) is 10.2 Å². The SMILES string of the molecule is CCCCNC(=O)[C@@H](C)N(Cc1cccc(Cl)c1)C(=O)CN(c1cccc(C(C)=O)c1)S(C)(=O)=O. The molecule has 2 rings (SSSR count). The summed E-state index contributed by atoms with van der Waals surface area (Å²) < 4.78 is 26.2.